The highest BCUT2D eigenvalue weighted by atomic mass is 32.2. The Labute approximate surface area is 185 Å². The summed E-state index contributed by atoms with van der Waals surface area (Å²) in [6.07, 6.45) is 1.59. The number of nitro groups is 1. The van der Waals surface area contributed by atoms with E-state index in [0.29, 0.717) is 11.1 Å². The Hall–Kier alpha value is -3.92. The molecule has 0 amide bonds. The summed E-state index contributed by atoms with van der Waals surface area (Å²) in [6.45, 7) is 1.52. The third kappa shape index (κ3) is 5.22. The number of hydrazone groups is 1. The number of rotatable bonds is 8. The molecule has 0 saturated heterocycles. The summed E-state index contributed by atoms with van der Waals surface area (Å²) < 4.78 is 35.8. The maximum Gasteiger partial charge on any atom is 0.339 e. The number of hydrogen-bond donors (Lipinski definition) is 0. The standard InChI is InChI=1S/C22H21N3O6S/c1-16-9-11-19(14-20(16)25(26)27)32(28,29)31-21-12-10-17(13-22(21)30-3)15-23-24(2)18-7-5-4-6-8-18/h4-15H,1-3H3/b23-15+. The molecule has 0 aromatic heterocycles. The molecular weight excluding hydrogens is 434 g/mol. The van der Waals surface area contributed by atoms with Crippen LogP contribution in [0.1, 0.15) is 11.1 Å². The van der Waals surface area contributed by atoms with Gasteiger partial charge < -0.3 is 8.92 Å². The van der Waals surface area contributed by atoms with E-state index in [4.69, 9.17) is 8.92 Å². The van der Waals surface area contributed by atoms with E-state index in [0.717, 1.165) is 11.8 Å². The molecule has 0 spiro atoms. The summed E-state index contributed by atoms with van der Waals surface area (Å²) >= 11 is 0. The summed E-state index contributed by atoms with van der Waals surface area (Å²) in [5.41, 5.74) is 1.58. The number of nitro benzene ring substituents is 1. The molecule has 166 valence electrons. The Morgan fingerprint density at radius 2 is 1.75 bits per heavy atom. The van der Waals surface area contributed by atoms with E-state index in [1.54, 1.807) is 30.4 Å². The SMILES string of the molecule is COc1cc(/C=N/N(C)c2ccccc2)ccc1OS(=O)(=O)c1ccc(C)c([N+](=O)[O-])c1. The topological polar surface area (TPSA) is 111 Å². The molecule has 0 saturated carbocycles. The van der Waals surface area contributed by atoms with Crippen LogP contribution in [-0.2, 0) is 10.1 Å². The molecule has 0 heterocycles. The fraction of sp³-hybridized carbons (Fsp3) is 0.136. The first-order chi connectivity index (χ1) is 15.2. The maximum atomic E-state index is 12.7. The smallest absolute Gasteiger partial charge is 0.339 e. The van der Waals surface area contributed by atoms with Crippen molar-refractivity contribution in [3.8, 4) is 11.5 Å². The number of aryl methyl sites for hydroxylation is 1. The molecule has 3 aromatic carbocycles. The Morgan fingerprint density at radius 1 is 1.03 bits per heavy atom. The predicted molar refractivity (Wildman–Crippen MR) is 121 cm³/mol. The molecule has 0 N–H and O–H groups in total. The normalized spacial score (nSPS) is 11.3. The second kappa shape index (κ2) is 9.48. The molecular formula is C22H21N3O6S. The van der Waals surface area contributed by atoms with Crippen molar-refractivity contribution in [2.75, 3.05) is 19.2 Å². The number of benzene rings is 3. The molecule has 0 fully saturated rings. The van der Waals surface area contributed by atoms with Crippen molar-refractivity contribution in [1.82, 2.24) is 0 Å². The number of anilines is 1. The van der Waals surface area contributed by atoms with Crippen LogP contribution >= 0.6 is 0 Å². The Balaban J connectivity index is 1.84. The van der Waals surface area contributed by atoms with E-state index in [1.807, 2.05) is 30.3 Å². The first kappa shape index (κ1) is 22.8. The second-order valence-corrected chi connectivity index (χ2v) is 8.30. The molecule has 0 aliphatic heterocycles. The molecule has 0 bridgehead atoms. The van der Waals surface area contributed by atoms with Gasteiger partial charge in [0, 0.05) is 18.7 Å². The summed E-state index contributed by atoms with van der Waals surface area (Å²) in [6, 6.07) is 17.7. The van der Waals surface area contributed by atoms with Gasteiger partial charge in [-0.05, 0) is 48.9 Å². The number of hydrogen-bond acceptors (Lipinski definition) is 8. The highest BCUT2D eigenvalue weighted by Gasteiger charge is 2.23. The van der Waals surface area contributed by atoms with Crippen LogP contribution < -0.4 is 13.9 Å². The van der Waals surface area contributed by atoms with Crippen LogP contribution in [0.2, 0.25) is 0 Å². The van der Waals surface area contributed by atoms with Gasteiger partial charge in [0.15, 0.2) is 11.5 Å². The number of ether oxygens (including phenoxy) is 1. The number of methoxy groups -OCH3 is 1. The fourth-order valence-electron chi connectivity index (χ4n) is 2.80. The molecule has 0 aliphatic rings. The van der Waals surface area contributed by atoms with Gasteiger partial charge in [0.2, 0.25) is 0 Å². The lowest BCUT2D eigenvalue weighted by molar-refractivity contribution is -0.385. The van der Waals surface area contributed by atoms with Crippen LogP contribution in [-0.4, -0.2) is 33.7 Å². The molecule has 9 nitrogen and oxygen atoms in total. The monoisotopic (exact) mass is 455 g/mol. The lowest BCUT2D eigenvalue weighted by atomic mass is 10.2. The van der Waals surface area contributed by atoms with Gasteiger partial charge in [0.1, 0.15) is 4.90 Å². The van der Waals surface area contributed by atoms with E-state index in [-0.39, 0.29) is 22.1 Å². The van der Waals surface area contributed by atoms with Gasteiger partial charge in [0.05, 0.1) is 23.9 Å². The quantitative estimate of drug-likeness (QED) is 0.217. The van der Waals surface area contributed by atoms with Crippen molar-refractivity contribution < 1.29 is 22.3 Å². The van der Waals surface area contributed by atoms with E-state index in [1.165, 1.54) is 32.2 Å². The third-order valence-electron chi connectivity index (χ3n) is 4.56. The van der Waals surface area contributed by atoms with Gasteiger partial charge in [0.25, 0.3) is 5.69 Å². The fourth-order valence-corrected chi connectivity index (χ4v) is 3.77. The van der Waals surface area contributed by atoms with Gasteiger partial charge in [-0.15, -0.1) is 0 Å². The van der Waals surface area contributed by atoms with Crippen LogP contribution in [0.15, 0.2) is 76.7 Å². The van der Waals surface area contributed by atoms with E-state index >= 15 is 0 Å². The van der Waals surface area contributed by atoms with Gasteiger partial charge in [-0.25, -0.2) is 0 Å². The van der Waals surface area contributed by atoms with Gasteiger partial charge in [-0.3, -0.25) is 15.1 Å². The van der Waals surface area contributed by atoms with Crippen molar-refractivity contribution in [3.05, 3.63) is 88.0 Å². The molecule has 0 aliphatic carbocycles. The molecule has 32 heavy (non-hydrogen) atoms. The minimum atomic E-state index is -4.32. The minimum absolute atomic E-state index is 0.0516. The summed E-state index contributed by atoms with van der Waals surface area (Å²) in [5, 5.41) is 17.2. The first-order valence-electron chi connectivity index (χ1n) is 9.41. The largest absolute Gasteiger partial charge is 0.493 e. The average molecular weight is 455 g/mol. The molecule has 3 rings (SSSR count). The highest BCUT2D eigenvalue weighted by Crippen LogP contribution is 2.31. The van der Waals surface area contributed by atoms with E-state index in [2.05, 4.69) is 5.10 Å². The van der Waals surface area contributed by atoms with Crippen molar-refractivity contribution in [1.29, 1.82) is 0 Å². The molecule has 0 unspecified atom stereocenters. The highest BCUT2D eigenvalue weighted by molar-refractivity contribution is 7.87. The Morgan fingerprint density at radius 3 is 2.41 bits per heavy atom. The predicted octanol–water partition coefficient (Wildman–Crippen LogP) is 4.15. The zero-order valence-electron chi connectivity index (χ0n) is 17.6. The molecule has 10 heteroatoms. The average Bonchev–Trinajstić information content (AvgIpc) is 2.78. The van der Waals surface area contributed by atoms with Crippen LogP contribution in [0, 0.1) is 17.0 Å². The second-order valence-electron chi connectivity index (χ2n) is 6.76. The number of para-hydroxylation sites is 1. The van der Waals surface area contributed by atoms with E-state index in [9.17, 15) is 18.5 Å². The zero-order chi connectivity index (χ0) is 23.3. The van der Waals surface area contributed by atoms with Gasteiger partial charge >= 0.3 is 10.1 Å². The van der Waals surface area contributed by atoms with Crippen LogP contribution in [0.4, 0.5) is 11.4 Å². The van der Waals surface area contributed by atoms with Crippen LogP contribution in [0.3, 0.4) is 0 Å². The zero-order valence-corrected chi connectivity index (χ0v) is 18.4. The first-order valence-corrected chi connectivity index (χ1v) is 10.8. The van der Waals surface area contributed by atoms with Crippen molar-refractivity contribution in [2.24, 2.45) is 5.10 Å². The Bertz CT molecular complexity index is 1260. The van der Waals surface area contributed by atoms with E-state index < -0.39 is 15.0 Å². The lowest BCUT2D eigenvalue weighted by Crippen LogP contribution is -2.11. The van der Waals surface area contributed by atoms with Gasteiger partial charge in [-0.2, -0.15) is 13.5 Å². The van der Waals surface area contributed by atoms with Crippen molar-refractivity contribution in [2.45, 2.75) is 11.8 Å². The lowest BCUT2D eigenvalue weighted by Gasteiger charge is -2.13. The van der Waals surface area contributed by atoms with Crippen LogP contribution in [0.25, 0.3) is 0 Å². The minimum Gasteiger partial charge on any atom is -0.493 e. The van der Waals surface area contributed by atoms with Crippen molar-refractivity contribution >= 4 is 27.7 Å². The summed E-state index contributed by atoms with van der Waals surface area (Å²) in [4.78, 5) is 10.2. The number of nitrogens with zero attached hydrogens (tertiary/aromatic N) is 3. The van der Waals surface area contributed by atoms with Gasteiger partial charge in [-0.1, -0.05) is 24.3 Å². The molecule has 3 aromatic rings. The molecule has 0 radical (unpaired) electrons. The third-order valence-corrected chi connectivity index (χ3v) is 5.79. The van der Waals surface area contributed by atoms with Crippen molar-refractivity contribution in [3.63, 3.8) is 0 Å². The van der Waals surface area contributed by atoms with Crippen LogP contribution in [0.5, 0.6) is 11.5 Å². The molecule has 0 atom stereocenters. The Kier molecular flexibility index (Phi) is 6.74. The summed E-state index contributed by atoms with van der Waals surface area (Å²) in [5.74, 6) is 0.116. The maximum absolute atomic E-state index is 12.7. The summed E-state index contributed by atoms with van der Waals surface area (Å²) in [7, 11) is -1.14.